The van der Waals surface area contributed by atoms with Crippen molar-refractivity contribution in [2.75, 3.05) is 18.1 Å². The molecule has 1 amide bonds. The summed E-state index contributed by atoms with van der Waals surface area (Å²) in [5.41, 5.74) is 3.09. The maximum absolute atomic E-state index is 12.7. The number of aromatic nitrogens is 2. The van der Waals surface area contributed by atoms with Gasteiger partial charge in [-0.3, -0.25) is 14.4 Å². The van der Waals surface area contributed by atoms with Crippen LogP contribution in [-0.2, 0) is 39.3 Å². The fraction of sp³-hybridized carbons (Fsp3) is 0.417. The third-order valence-electron chi connectivity index (χ3n) is 6.20. The minimum Gasteiger partial charge on any atom is -0.455 e. The topological polar surface area (TPSA) is 92.4 Å². The molecular formula is C24H25N3O4S2. The van der Waals surface area contributed by atoms with Crippen molar-refractivity contribution in [3.63, 3.8) is 0 Å². The van der Waals surface area contributed by atoms with E-state index in [1.165, 1.54) is 16.6 Å². The molecule has 0 saturated heterocycles. The molecule has 3 aromatic rings. The summed E-state index contributed by atoms with van der Waals surface area (Å²) in [7, 11) is 0. The number of nitrogens with zero attached hydrogens (tertiary/aromatic N) is 2. The van der Waals surface area contributed by atoms with Crippen molar-refractivity contribution in [2.24, 2.45) is 0 Å². The van der Waals surface area contributed by atoms with E-state index in [4.69, 9.17) is 4.74 Å². The highest BCUT2D eigenvalue weighted by atomic mass is 32.2. The fourth-order valence-corrected chi connectivity index (χ4v) is 6.50. The molecule has 1 unspecified atom stereocenters. The van der Waals surface area contributed by atoms with E-state index >= 15 is 0 Å². The number of anilines is 1. The SMILES string of the molecule is CC(SCc1nc2sc3c(c2c(=O)[nH]1)CCCC3)C(=O)OCC(=O)N1CCc2ccccc21. The molecule has 7 nitrogen and oxygen atoms in total. The number of fused-ring (bicyclic) bond motifs is 4. The van der Waals surface area contributed by atoms with Crippen LogP contribution in [0.5, 0.6) is 0 Å². The molecule has 2 aromatic heterocycles. The summed E-state index contributed by atoms with van der Waals surface area (Å²) >= 11 is 2.95. The average Bonchev–Trinajstić information content (AvgIpc) is 3.42. The molecule has 1 atom stereocenters. The summed E-state index contributed by atoms with van der Waals surface area (Å²) in [6.45, 7) is 2.07. The van der Waals surface area contributed by atoms with E-state index in [-0.39, 0.29) is 18.1 Å². The zero-order chi connectivity index (χ0) is 22.9. The number of aromatic amines is 1. The maximum atomic E-state index is 12.7. The largest absolute Gasteiger partial charge is 0.455 e. The van der Waals surface area contributed by atoms with Gasteiger partial charge in [0, 0.05) is 17.1 Å². The van der Waals surface area contributed by atoms with Gasteiger partial charge in [0.05, 0.1) is 11.1 Å². The Kier molecular flexibility index (Phi) is 6.25. The van der Waals surface area contributed by atoms with E-state index in [1.54, 1.807) is 23.2 Å². The second kappa shape index (κ2) is 9.30. The second-order valence-corrected chi connectivity index (χ2v) is 10.8. The van der Waals surface area contributed by atoms with Gasteiger partial charge in [-0.15, -0.1) is 23.1 Å². The van der Waals surface area contributed by atoms with Gasteiger partial charge in [-0.05, 0) is 56.2 Å². The Hall–Kier alpha value is -2.65. The van der Waals surface area contributed by atoms with Crippen LogP contribution in [-0.4, -0.2) is 40.2 Å². The van der Waals surface area contributed by atoms with Crippen LogP contribution in [0.15, 0.2) is 29.1 Å². The summed E-state index contributed by atoms with van der Waals surface area (Å²) in [6, 6.07) is 7.78. The summed E-state index contributed by atoms with van der Waals surface area (Å²) in [5.74, 6) is 0.275. The molecule has 0 spiro atoms. The summed E-state index contributed by atoms with van der Waals surface area (Å²) in [5, 5.41) is 0.249. The number of thiophene rings is 1. The van der Waals surface area contributed by atoms with E-state index in [2.05, 4.69) is 9.97 Å². The molecule has 0 saturated carbocycles. The Morgan fingerprint density at radius 1 is 1.24 bits per heavy atom. The van der Waals surface area contributed by atoms with E-state index in [0.717, 1.165) is 59.1 Å². The van der Waals surface area contributed by atoms with Crippen LogP contribution in [0.1, 0.15) is 41.6 Å². The zero-order valence-electron chi connectivity index (χ0n) is 18.4. The van der Waals surface area contributed by atoms with Gasteiger partial charge in [0.2, 0.25) is 0 Å². The first-order valence-corrected chi connectivity index (χ1v) is 13.1. The Bertz CT molecular complexity index is 1280. The normalized spacial score (nSPS) is 15.8. The molecule has 172 valence electrons. The van der Waals surface area contributed by atoms with Crippen molar-refractivity contribution < 1.29 is 14.3 Å². The number of thioether (sulfide) groups is 1. The lowest BCUT2D eigenvalue weighted by Gasteiger charge is -2.18. The third kappa shape index (κ3) is 4.44. The van der Waals surface area contributed by atoms with Crippen molar-refractivity contribution in [2.45, 2.75) is 50.0 Å². The number of para-hydroxylation sites is 1. The Balaban J connectivity index is 1.17. The van der Waals surface area contributed by atoms with Gasteiger partial charge < -0.3 is 14.6 Å². The predicted molar refractivity (Wildman–Crippen MR) is 131 cm³/mol. The summed E-state index contributed by atoms with van der Waals surface area (Å²) in [6.07, 6.45) is 5.04. The molecule has 2 aliphatic rings. The van der Waals surface area contributed by atoms with Crippen LogP contribution in [0.2, 0.25) is 0 Å². The van der Waals surface area contributed by atoms with Crippen molar-refractivity contribution in [1.29, 1.82) is 0 Å². The molecule has 0 radical (unpaired) electrons. The minimum absolute atomic E-state index is 0.0956. The van der Waals surface area contributed by atoms with Gasteiger partial charge in [-0.2, -0.15) is 0 Å². The lowest BCUT2D eigenvalue weighted by Crippen LogP contribution is -2.34. The minimum atomic E-state index is -0.485. The molecule has 0 bridgehead atoms. The quantitative estimate of drug-likeness (QED) is 0.539. The molecule has 5 rings (SSSR count). The fourth-order valence-electron chi connectivity index (χ4n) is 4.47. The molecule has 9 heteroatoms. The Morgan fingerprint density at radius 3 is 2.94 bits per heavy atom. The van der Waals surface area contributed by atoms with Crippen LogP contribution >= 0.6 is 23.1 Å². The van der Waals surface area contributed by atoms with Crippen LogP contribution in [0, 0.1) is 0 Å². The number of amides is 1. The first-order chi connectivity index (χ1) is 16.0. The van der Waals surface area contributed by atoms with E-state index in [1.807, 2.05) is 24.3 Å². The number of aryl methyl sites for hydroxylation is 2. The average molecular weight is 484 g/mol. The van der Waals surface area contributed by atoms with Gasteiger partial charge in [0.15, 0.2) is 6.61 Å². The molecular weight excluding hydrogens is 458 g/mol. The lowest BCUT2D eigenvalue weighted by molar-refractivity contribution is -0.146. The van der Waals surface area contributed by atoms with Crippen LogP contribution in [0.3, 0.4) is 0 Å². The van der Waals surface area contributed by atoms with Gasteiger partial charge in [-0.1, -0.05) is 18.2 Å². The van der Waals surface area contributed by atoms with Crippen LogP contribution in [0.25, 0.3) is 10.2 Å². The maximum Gasteiger partial charge on any atom is 0.319 e. The number of ether oxygens (including phenoxy) is 1. The number of benzene rings is 1. The molecule has 0 fully saturated rings. The number of rotatable bonds is 6. The van der Waals surface area contributed by atoms with Crippen molar-refractivity contribution in [1.82, 2.24) is 9.97 Å². The molecule has 33 heavy (non-hydrogen) atoms. The standard InChI is InChI=1S/C24H25N3O4S2/c1-14(24(30)31-12-20(28)27-11-10-15-6-2-4-8-17(15)27)32-13-19-25-22(29)21-16-7-3-5-9-18(16)33-23(21)26-19/h2,4,6,8,14H,3,5,7,9-13H2,1H3,(H,25,26,29). The van der Waals surface area contributed by atoms with Crippen molar-refractivity contribution in [3.05, 3.63) is 56.4 Å². The number of hydrogen-bond acceptors (Lipinski definition) is 7. The van der Waals surface area contributed by atoms with Crippen molar-refractivity contribution >= 4 is 50.9 Å². The smallest absolute Gasteiger partial charge is 0.319 e. The number of nitrogens with one attached hydrogen (secondary N) is 1. The highest BCUT2D eigenvalue weighted by molar-refractivity contribution is 7.99. The summed E-state index contributed by atoms with van der Waals surface area (Å²) in [4.78, 5) is 48.9. The van der Waals surface area contributed by atoms with Gasteiger partial charge in [-0.25, -0.2) is 4.98 Å². The molecule has 1 aromatic carbocycles. The van der Waals surface area contributed by atoms with E-state index in [0.29, 0.717) is 18.1 Å². The first kappa shape index (κ1) is 22.2. The number of carbonyl (C=O) groups excluding carboxylic acids is 2. The molecule has 1 N–H and O–H groups in total. The monoisotopic (exact) mass is 483 g/mol. The van der Waals surface area contributed by atoms with Gasteiger partial charge in [0.25, 0.3) is 11.5 Å². The molecule has 3 heterocycles. The van der Waals surface area contributed by atoms with E-state index in [9.17, 15) is 14.4 Å². The zero-order valence-corrected chi connectivity index (χ0v) is 20.0. The third-order valence-corrected chi connectivity index (χ3v) is 8.52. The second-order valence-electron chi connectivity index (χ2n) is 8.39. The van der Waals surface area contributed by atoms with E-state index < -0.39 is 11.2 Å². The van der Waals surface area contributed by atoms with Crippen molar-refractivity contribution in [3.8, 4) is 0 Å². The Labute approximate surface area is 199 Å². The van der Waals surface area contributed by atoms with Gasteiger partial charge >= 0.3 is 5.97 Å². The first-order valence-electron chi connectivity index (χ1n) is 11.2. The molecule has 1 aliphatic carbocycles. The highest BCUT2D eigenvalue weighted by Gasteiger charge is 2.26. The number of H-pyrrole nitrogens is 1. The number of hydrogen-bond donors (Lipinski definition) is 1. The Morgan fingerprint density at radius 2 is 2.06 bits per heavy atom. The number of esters is 1. The lowest BCUT2D eigenvalue weighted by atomic mass is 9.97. The van der Waals surface area contributed by atoms with Crippen LogP contribution < -0.4 is 10.5 Å². The number of carbonyl (C=O) groups is 2. The predicted octanol–water partition coefficient (Wildman–Crippen LogP) is 3.62. The summed E-state index contributed by atoms with van der Waals surface area (Å²) < 4.78 is 5.29. The van der Waals surface area contributed by atoms with Crippen LogP contribution in [0.4, 0.5) is 5.69 Å². The molecule has 1 aliphatic heterocycles. The highest BCUT2D eigenvalue weighted by Crippen LogP contribution is 2.34. The van der Waals surface area contributed by atoms with Gasteiger partial charge in [0.1, 0.15) is 15.9 Å².